The Morgan fingerprint density at radius 3 is 3.00 bits per heavy atom. The molecule has 6 nitrogen and oxygen atoms in total. The molecular formula is C16H19N5OS. The molecule has 23 heavy (non-hydrogen) atoms. The lowest BCUT2D eigenvalue weighted by Gasteiger charge is -2.32. The molecule has 2 aliphatic heterocycles. The molecule has 1 atom stereocenters. The summed E-state index contributed by atoms with van der Waals surface area (Å²) in [4.78, 5) is 25.8. The van der Waals surface area contributed by atoms with Crippen molar-refractivity contribution in [2.75, 3.05) is 23.8 Å². The standard InChI is InChI=1S/C16H19N5OS/c1-8-13-15(21(3)9(2)16(22)19-13)20-14(18-8)12-6-10-7-17-5-4-11(10)23-12/h6,9,17H,4-5,7H2,1-3H3,(H,19,22)/t9-/m1/s1. The van der Waals surface area contributed by atoms with Gasteiger partial charge in [-0.3, -0.25) is 4.79 Å². The van der Waals surface area contributed by atoms with Crippen molar-refractivity contribution in [3.8, 4) is 10.7 Å². The minimum absolute atomic E-state index is 0.0166. The number of nitrogens with one attached hydrogen (secondary N) is 2. The highest BCUT2D eigenvalue weighted by atomic mass is 32.1. The molecule has 120 valence electrons. The maximum Gasteiger partial charge on any atom is 0.246 e. The van der Waals surface area contributed by atoms with E-state index in [0.29, 0.717) is 0 Å². The molecule has 2 aromatic rings. The van der Waals surface area contributed by atoms with E-state index in [4.69, 9.17) is 4.98 Å². The summed E-state index contributed by atoms with van der Waals surface area (Å²) in [6.07, 6.45) is 1.07. The first-order chi connectivity index (χ1) is 11.0. The van der Waals surface area contributed by atoms with Crippen molar-refractivity contribution in [1.29, 1.82) is 0 Å². The van der Waals surface area contributed by atoms with Gasteiger partial charge in [-0.25, -0.2) is 9.97 Å². The third-order valence-corrected chi connectivity index (χ3v) is 5.81. The number of carbonyl (C=O) groups is 1. The van der Waals surface area contributed by atoms with Gasteiger partial charge in [-0.15, -0.1) is 11.3 Å². The third-order valence-electron chi connectivity index (χ3n) is 4.57. The Kier molecular flexibility index (Phi) is 3.35. The lowest BCUT2D eigenvalue weighted by atomic mass is 10.1. The molecule has 0 aliphatic carbocycles. The van der Waals surface area contributed by atoms with Gasteiger partial charge in [0.15, 0.2) is 11.6 Å². The predicted octanol–water partition coefficient (Wildman–Crippen LogP) is 1.94. The van der Waals surface area contributed by atoms with E-state index in [9.17, 15) is 4.79 Å². The van der Waals surface area contributed by atoms with Gasteiger partial charge in [-0.05, 0) is 31.9 Å². The van der Waals surface area contributed by atoms with Crippen molar-refractivity contribution in [2.24, 2.45) is 0 Å². The molecule has 0 unspecified atom stereocenters. The molecule has 0 fully saturated rings. The van der Waals surface area contributed by atoms with E-state index in [1.165, 1.54) is 10.4 Å². The fourth-order valence-corrected chi connectivity index (χ4v) is 4.13. The second-order valence-electron chi connectivity index (χ2n) is 6.09. The van der Waals surface area contributed by atoms with Crippen LogP contribution in [0.3, 0.4) is 0 Å². The Morgan fingerprint density at radius 1 is 1.39 bits per heavy atom. The Hall–Kier alpha value is -1.99. The molecule has 0 saturated heterocycles. The molecule has 0 radical (unpaired) electrons. The number of fused-ring (bicyclic) bond motifs is 2. The van der Waals surface area contributed by atoms with Gasteiger partial charge >= 0.3 is 0 Å². The maximum atomic E-state index is 12.0. The van der Waals surface area contributed by atoms with Gasteiger partial charge in [0.1, 0.15) is 11.7 Å². The van der Waals surface area contributed by atoms with E-state index < -0.39 is 0 Å². The molecule has 1 amide bonds. The summed E-state index contributed by atoms with van der Waals surface area (Å²) in [6, 6.07) is 1.96. The minimum Gasteiger partial charge on any atom is -0.346 e. The van der Waals surface area contributed by atoms with E-state index in [2.05, 4.69) is 21.7 Å². The van der Waals surface area contributed by atoms with E-state index in [0.717, 1.165) is 47.4 Å². The number of hydrogen-bond donors (Lipinski definition) is 2. The summed E-state index contributed by atoms with van der Waals surface area (Å²) >= 11 is 1.78. The van der Waals surface area contributed by atoms with Gasteiger partial charge in [0.2, 0.25) is 5.91 Å². The normalized spacial score (nSPS) is 20.0. The van der Waals surface area contributed by atoms with Gasteiger partial charge in [0.05, 0.1) is 10.6 Å². The SMILES string of the molecule is Cc1nc(-c2cc3c(s2)CCNC3)nc2c1NC(=O)[C@@H](C)N2C. The predicted molar refractivity (Wildman–Crippen MR) is 92.0 cm³/mol. The topological polar surface area (TPSA) is 70.1 Å². The zero-order valence-electron chi connectivity index (χ0n) is 13.4. The first-order valence-corrected chi connectivity index (χ1v) is 8.61. The summed E-state index contributed by atoms with van der Waals surface area (Å²) in [5, 5.41) is 6.32. The highest BCUT2D eigenvalue weighted by Gasteiger charge is 2.30. The van der Waals surface area contributed by atoms with Gasteiger partial charge < -0.3 is 15.5 Å². The first-order valence-electron chi connectivity index (χ1n) is 7.79. The van der Waals surface area contributed by atoms with E-state index in [1.54, 1.807) is 11.3 Å². The van der Waals surface area contributed by atoms with Crippen LogP contribution in [0.25, 0.3) is 10.7 Å². The van der Waals surface area contributed by atoms with Gasteiger partial charge in [-0.2, -0.15) is 0 Å². The molecular weight excluding hydrogens is 310 g/mol. The number of aromatic nitrogens is 2. The highest BCUT2D eigenvalue weighted by Crippen LogP contribution is 2.36. The fourth-order valence-electron chi connectivity index (χ4n) is 3.02. The number of amides is 1. The Bertz CT molecular complexity index is 777. The van der Waals surface area contributed by atoms with Crippen LogP contribution < -0.4 is 15.5 Å². The quantitative estimate of drug-likeness (QED) is 0.837. The summed E-state index contributed by atoms with van der Waals surface area (Å²) in [5.41, 5.74) is 2.88. The molecule has 2 aliphatic rings. The number of thiophene rings is 1. The largest absolute Gasteiger partial charge is 0.346 e. The average molecular weight is 329 g/mol. The van der Waals surface area contributed by atoms with Gasteiger partial charge in [0.25, 0.3) is 0 Å². The van der Waals surface area contributed by atoms with Crippen LogP contribution >= 0.6 is 11.3 Å². The fraction of sp³-hybridized carbons (Fsp3) is 0.438. The third kappa shape index (κ3) is 2.31. The van der Waals surface area contributed by atoms with Crippen molar-refractivity contribution in [3.63, 3.8) is 0 Å². The van der Waals surface area contributed by atoms with Crippen LogP contribution in [-0.4, -0.2) is 35.5 Å². The Balaban J connectivity index is 1.81. The van der Waals surface area contributed by atoms with Crippen molar-refractivity contribution >= 4 is 28.7 Å². The molecule has 0 saturated carbocycles. The van der Waals surface area contributed by atoms with E-state index in [1.807, 2.05) is 25.8 Å². The number of hydrogen-bond acceptors (Lipinski definition) is 6. The van der Waals surface area contributed by atoms with Crippen LogP contribution in [0.4, 0.5) is 11.5 Å². The van der Waals surface area contributed by atoms with Crippen LogP contribution in [0.15, 0.2) is 6.07 Å². The zero-order chi connectivity index (χ0) is 16.1. The van der Waals surface area contributed by atoms with Crippen molar-refractivity contribution in [2.45, 2.75) is 32.9 Å². The molecule has 2 aromatic heterocycles. The van der Waals surface area contributed by atoms with E-state index >= 15 is 0 Å². The molecule has 0 aromatic carbocycles. The van der Waals surface area contributed by atoms with Crippen LogP contribution in [0.1, 0.15) is 23.1 Å². The Labute approximate surface area is 138 Å². The number of nitrogens with zero attached hydrogens (tertiary/aromatic N) is 3. The lowest BCUT2D eigenvalue weighted by molar-refractivity contribution is -0.117. The van der Waals surface area contributed by atoms with Gasteiger partial charge in [-0.1, -0.05) is 0 Å². The van der Waals surface area contributed by atoms with Crippen molar-refractivity contribution in [1.82, 2.24) is 15.3 Å². The Morgan fingerprint density at radius 2 is 2.22 bits per heavy atom. The minimum atomic E-state index is -0.231. The monoisotopic (exact) mass is 329 g/mol. The smallest absolute Gasteiger partial charge is 0.246 e. The summed E-state index contributed by atoms with van der Waals surface area (Å²) in [5.74, 6) is 1.53. The number of rotatable bonds is 1. The molecule has 2 N–H and O–H groups in total. The molecule has 7 heteroatoms. The number of likely N-dealkylation sites (N-methyl/N-ethyl adjacent to an activating group) is 1. The van der Waals surface area contributed by atoms with Gasteiger partial charge in [0, 0.05) is 25.0 Å². The summed E-state index contributed by atoms with van der Waals surface area (Å²) in [7, 11) is 1.90. The second kappa shape index (κ2) is 5.28. The number of carbonyl (C=O) groups excluding carboxylic acids is 1. The van der Waals surface area contributed by atoms with Crippen molar-refractivity contribution < 1.29 is 4.79 Å². The van der Waals surface area contributed by atoms with E-state index in [-0.39, 0.29) is 11.9 Å². The average Bonchev–Trinajstić information content (AvgIpc) is 2.97. The highest BCUT2D eigenvalue weighted by molar-refractivity contribution is 7.15. The second-order valence-corrected chi connectivity index (χ2v) is 7.23. The summed E-state index contributed by atoms with van der Waals surface area (Å²) < 4.78 is 0. The van der Waals surface area contributed by atoms with Crippen LogP contribution in [0.2, 0.25) is 0 Å². The lowest BCUT2D eigenvalue weighted by Crippen LogP contribution is -2.44. The maximum absolute atomic E-state index is 12.0. The molecule has 0 bridgehead atoms. The molecule has 4 heterocycles. The molecule has 0 spiro atoms. The van der Waals surface area contributed by atoms with Crippen molar-refractivity contribution in [3.05, 3.63) is 22.2 Å². The van der Waals surface area contributed by atoms with Crippen LogP contribution in [0, 0.1) is 6.92 Å². The molecule has 4 rings (SSSR count). The number of anilines is 2. The van der Waals surface area contributed by atoms with Crippen LogP contribution in [0.5, 0.6) is 0 Å². The van der Waals surface area contributed by atoms with Crippen LogP contribution in [-0.2, 0) is 17.8 Å². The first kappa shape index (κ1) is 14.6. The summed E-state index contributed by atoms with van der Waals surface area (Å²) in [6.45, 7) is 5.75. The number of aryl methyl sites for hydroxylation is 1. The zero-order valence-corrected chi connectivity index (χ0v) is 14.3.